The lowest BCUT2D eigenvalue weighted by Gasteiger charge is -2.20. The summed E-state index contributed by atoms with van der Waals surface area (Å²) in [4.78, 5) is 26.9. The van der Waals surface area contributed by atoms with E-state index in [0.29, 0.717) is 25.1 Å². The molecule has 0 bridgehead atoms. The third kappa shape index (κ3) is 3.33. The lowest BCUT2D eigenvalue weighted by molar-refractivity contribution is -0.124. The third-order valence-corrected chi connectivity index (χ3v) is 5.31. The molecule has 0 saturated carbocycles. The highest BCUT2D eigenvalue weighted by molar-refractivity contribution is 6.43. The van der Waals surface area contributed by atoms with Crippen LogP contribution in [0.5, 0.6) is 0 Å². The van der Waals surface area contributed by atoms with Crippen molar-refractivity contribution in [1.29, 1.82) is 0 Å². The maximum absolute atomic E-state index is 12.7. The molecule has 28 heavy (non-hydrogen) atoms. The molecule has 4 rings (SSSR count). The zero-order valence-corrected chi connectivity index (χ0v) is 15.9. The van der Waals surface area contributed by atoms with Gasteiger partial charge in [0, 0.05) is 32.0 Å². The largest absolute Gasteiger partial charge is 0.339 e. The Balaban J connectivity index is 1.39. The van der Waals surface area contributed by atoms with Crippen molar-refractivity contribution < 1.29 is 9.59 Å². The molecule has 0 fully saturated rings. The SMILES string of the molecule is CC(C1=NN=C(C(=O)N[C@H]2CCn3nccc3N(C)C2=O)C1)c1ccccc1. The number of carbonyl (C=O) groups excluding carboxylic acids is 2. The minimum atomic E-state index is -0.613. The van der Waals surface area contributed by atoms with Crippen LogP contribution in [-0.2, 0) is 16.1 Å². The Hall–Kier alpha value is -3.29. The number of amides is 2. The van der Waals surface area contributed by atoms with Gasteiger partial charge in [-0.3, -0.25) is 14.5 Å². The van der Waals surface area contributed by atoms with Crippen molar-refractivity contribution in [1.82, 2.24) is 15.1 Å². The van der Waals surface area contributed by atoms with Gasteiger partial charge in [0.15, 0.2) is 0 Å². The number of hydrogen-bond acceptors (Lipinski definition) is 5. The molecule has 1 aromatic heterocycles. The van der Waals surface area contributed by atoms with Crippen molar-refractivity contribution in [2.45, 2.75) is 38.3 Å². The summed E-state index contributed by atoms with van der Waals surface area (Å²) in [5.74, 6) is 0.301. The van der Waals surface area contributed by atoms with Gasteiger partial charge in [-0.25, -0.2) is 4.68 Å². The molecule has 0 spiro atoms. The number of carbonyl (C=O) groups is 2. The molecule has 1 aromatic carbocycles. The smallest absolute Gasteiger partial charge is 0.268 e. The monoisotopic (exact) mass is 378 g/mol. The van der Waals surface area contributed by atoms with E-state index in [1.807, 2.05) is 30.3 Å². The molecule has 1 unspecified atom stereocenters. The molecule has 1 N–H and O–H groups in total. The molecule has 0 saturated heterocycles. The number of benzene rings is 1. The van der Waals surface area contributed by atoms with Crippen molar-refractivity contribution in [3.63, 3.8) is 0 Å². The van der Waals surface area contributed by atoms with Gasteiger partial charge in [0.25, 0.3) is 11.8 Å². The molecular weight excluding hydrogens is 356 g/mol. The molecule has 8 heteroatoms. The first-order valence-corrected chi connectivity index (χ1v) is 9.33. The number of aryl methyl sites for hydroxylation is 1. The molecule has 0 aliphatic carbocycles. The van der Waals surface area contributed by atoms with E-state index in [1.165, 1.54) is 4.90 Å². The Bertz CT molecular complexity index is 962. The van der Waals surface area contributed by atoms with Crippen molar-refractivity contribution in [2.75, 3.05) is 11.9 Å². The van der Waals surface area contributed by atoms with Gasteiger partial charge in [-0.1, -0.05) is 37.3 Å². The molecular formula is C20H22N6O2. The van der Waals surface area contributed by atoms with E-state index in [0.717, 1.165) is 17.1 Å². The highest BCUT2D eigenvalue weighted by atomic mass is 16.2. The van der Waals surface area contributed by atoms with Crippen LogP contribution in [0.25, 0.3) is 0 Å². The molecule has 144 valence electrons. The second-order valence-corrected chi connectivity index (χ2v) is 7.07. The minimum Gasteiger partial charge on any atom is -0.339 e. The fraction of sp³-hybridized carbons (Fsp3) is 0.350. The Morgan fingerprint density at radius 3 is 2.79 bits per heavy atom. The summed E-state index contributed by atoms with van der Waals surface area (Å²) in [6.45, 7) is 2.61. The third-order valence-electron chi connectivity index (χ3n) is 5.31. The average molecular weight is 378 g/mol. The number of aromatic nitrogens is 2. The summed E-state index contributed by atoms with van der Waals surface area (Å²) in [5.41, 5.74) is 2.32. The lowest BCUT2D eigenvalue weighted by atomic mass is 9.93. The van der Waals surface area contributed by atoms with Gasteiger partial charge in [0.05, 0.1) is 11.9 Å². The zero-order valence-electron chi connectivity index (χ0n) is 15.9. The maximum Gasteiger partial charge on any atom is 0.268 e. The standard InChI is InChI=1S/C20H22N6O2/c1-13(14-6-4-3-5-7-14)16-12-17(24-23-16)19(27)22-15-9-11-26-18(8-10-21-26)25(2)20(15)28/h3-8,10,13,15H,9,11-12H2,1-2H3,(H,22,27)/t13?,15-/m0/s1. The summed E-state index contributed by atoms with van der Waals surface area (Å²) in [6, 6.07) is 11.2. The first kappa shape index (κ1) is 18.1. The molecule has 2 aliphatic rings. The van der Waals surface area contributed by atoms with Crippen LogP contribution >= 0.6 is 0 Å². The molecule has 2 atom stereocenters. The number of nitrogens with one attached hydrogen (secondary N) is 1. The summed E-state index contributed by atoms with van der Waals surface area (Å²) in [7, 11) is 1.69. The highest BCUT2D eigenvalue weighted by Gasteiger charge is 2.32. The second-order valence-electron chi connectivity index (χ2n) is 7.07. The normalized spacial score (nSPS) is 20.1. The van der Waals surface area contributed by atoms with E-state index in [1.54, 1.807) is 24.0 Å². The lowest BCUT2D eigenvalue weighted by Crippen LogP contribution is -2.48. The number of fused-ring (bicyclic) bond motifs is 1. The summed E-state index contributed by atoms with van der Waals surface area (Å²) < 4.78 is 1.76. The number of rotatable bonds is 4. The first-order chi connectivity index (χ1) is 13.5. The Kier molecular flexibility index (Phi) is 4.77. The van der Waals surface area contributed by atoms with E-state index in [9.17, 15) is 9.59 Å². The van der Waals surface area contributed by atoms with Crippen LogP contribution in [0.3, 0.4) is 0 Å². The highest BCUT2D eigenvalue weighted by Crippen LogP contribution is 2.22. The van der Waals surface area contributed by atoms with Crippen LogP contribution in [0.15, 0.2) is 52.8 Å². The van der Waals surface area contributed by atoms with Crippen LogP contribution in [0.4, 0.5) is 5.82 Å². The van der Waals surface area contributed by atoms with Crippen LogP contribution in [0.2, 0.25) is 0 Å². The number of hydrogen-bond donors (Lipinski definition) is 1. The summed E-state index contributed by atoms with van der Waals surface area (Å²) in [5, 5.41) is 15.3. The van der Waals surface area contributed by atoms with Gasteiger partial charge in [-0.15, -0.1) is 5.10 Å². The maximum atomic E-state index is 12.7. The van der Waals surface area contributed by atoms with Crippen LogP contribution in [0.1, 0.15) is 31.2 Å². The molecule has 8 nitrogen and oxygen atoms in total. The van der Waals surface area contributed by atoms with Crippen LogP contribution < -0.4 is 10.2 Å². The average Bonchev–Trinajstić information content (AvgIpc) is 3.37. The van der Waals surface area contributed by atoms with E-state index >= 15 is 0 Å². The van der Waals surface area contributed by atoms with Gasteiger partial charge in [-0.05, 0) is 12.0 Å². The van der Waals surface area contributed by atoms with E-state index in [-0.39, 0.29) is 17.7 Å². The van der Waals surface area contributed by atoms with Crippen molar-refractivity contribution in [3.8, 4) is 0 Å². The van der Waals surface area contributed by atoms with Gasteiger partial charge >= 0.3 is 0 Å². The number of anilines is 1. The van der Waals surface area contributed by atoms with Crippen LogP contribution in [-0.4, -0.2) is 46.1 Å². The molecule has 3 heterocycles. The molecule has 2 amide bonds. The fourth-order valence-corrected chi connectivity index (χ4v) is 3.55. The molecule has 2 aromatic rings. The Morgan fingerprint density at radius 2 is 2.00 bits per heavy atom. The summed E-state index contributed by atoms with van der Waals surface area (Å²) >= 11 is 0. The van der Waals surface area contributed by atoms with Gasteiger partial charge in [0.2, 0.25) is 0 Å². The Morgan fingerprint density at radius 1 is 1.21 bits per heavy atom. The van der Waals surface area contributed by atoms with Crippen molar-refractivity contribution in [2.24, 2.45) is 10.2 Å². The molecule has 2 aliphatic heterocycles. The molecule has 0 radical (unpaired) electrons. The number of nitrogens with zero attached hydrogens (tertiary/aromatic N) is 5. The van der Waals surface area contributed by atoms with E-state index in [2.05, 4.69) is 27.5 Å². The predicted molar refractivity (Wildman–Crippen MR) is 107 cm³/mol. The predicted octanol–water partition coefficient (Wildman–Crippen LogP) is 1.74. The van der Waals surface area contributed by atoms with E-state index < -0.39 is 6.04 Å². The van der Waals surface area contributed by atoms with E-state index in [4.69, 9.17) is 0 Å². The topological polar surface area (TPSA) is 91.9 Å². The van der Waals surface area contributed by atoms with Gasteiger partial charge in [0.1, 0.15) is 17.6 Å². The number of likely N-dealkylation sites (N-methyl/N-ethyl adjacent to an activating group) is 1. The minimum absolute atomic E-state index is 0.0814. The quantitative estimate of drug-likeness (QED) is 0.878. The van der Waals surface area contributed by atoms with Gasteiger partial charge in [-0.2, -0.15) is 10.2 Å². The van der Waals surface area contributed by atoms with Crippen molar-refractivity contribution >= 4 is 29.1 Å². The summed E-state index contributed by atoms with van der Waals surface area (Å²) in [6.07, 6.45) is 2.53. The van der Waals surface area contributed by atoms with Crippen molar-refractivity contribution in [3.05, 3.63) is 48.2 Å². The second kappa shape index (κ2) is 7.38. The Labute approximate surface area is 162 Å². The van der Waals surface area contributed by atoms with Gasteiger partial charge < -0.3 is 5.32 Å². The first-order valence-electron chi connectivity index (χ1n) is 9.33. The zero-order chi connectivity index (χ0) is 19.7. The van der Waals surface area contributed by atoms with Crippen LogP contribution in [0, 0.1) is 0 Å². The fourth-order valence-electron chi connectivity index (χ4n) is 3.55.